The Bertz CT molecular complexity index is 1330. The van der Waals surface area contributed by atoms with Gasteiger partial charge in [-0.2, -0.15) is 0 Å². The third kappa shape index (κ3) is 5.06. The average Bonchev–Trinajstić information content (AvgIpc) is 2.87. The molecule has 0 aromatic heterocycles. The molecule has 176 valence electrons. The molecule has 0 spiro atoms. The first-order chi connectivity index (χ1) is 17.1. The number of ketones is 1. The van der Waals surface area contributed by atoms with E-state index in [-0.39, 0.29) is 35.0 Å². The molecule has 6 nitrogen and oxygen atoms in total. The van der Waals surface area contributed by atoms with E-state index in [2.05, 4.69) is 0 Å². The van der Waals surface area contributed by atoms with Crippen LogP contribution in [0.3, 0.4) is 0 Å². The third-order valence-electron chi connectivity index (χ3n) is 5.80. The molecule has 0 saturated carbocycles. The van der Waals surface area contributed by atoms with Gasteiger partial charge in [0.25, 0.3) is 0 Å². The molecule has 2 N–H and O–H groups in total. The number of rotatable bonds is 7. The van der Waals surface area contributed by atoms with Crippen molar-refractivity contribution in [1.29, 1.82) is 0 Å². The maximum Gasteiger partial charge on any atom is 0.174 e. The van der Waals surface area contributed by atoms with Crippen molar-refractivity contribution in [3.05, 3.63) is 113 Å². The molecule has 1 aliphatic rings. The minimum Gasteiger partial charge on any atom is -0.508 e. The van der Waals surface area contributed by atoms with Gasteiger partial charge in [-0.05, 0) is 28.8 Å². The molecule has 0 saturated heterocycles. The highest BCUT2D eigenvalue weighted by Crippen LogP contribution is 2.43. The first kappa shape index (κ1) is 22.3. The normalized spacial score (nSPS) is 14.6. The van der Waals surface area contributed by atoms with E-state index in [1.807, 2.05) is 78.9 Å². The second-order valence-corrected chi connectivity index (χ2v) is 8.33. The van der Waals surface area contributed by atoms with Gasteiger partial charge in [0.1, 0.15) is 42.1 Å². The van der Waals surface area contributed by atoms with Crippen molar-refractivity contribution in [1.82, 2.24) is 0 Å². The molecule has 0 amide bonds. The van der Waals surface area contributed by atoms with Crippen LogP contribution in [0.5, 0.6) is 28.7 Å². The van der Waals surface area contributed by atoms with E-state index >= 15 is 0 Å². The van der Waals surface area contributed by atoms with Gasteiger partial charge in [-0.1, -0.05) is 66.7 Å². The first-order valence-electron chi connectivity index (χ1n) is 11.3. The molecule has 0 radical (unpaired) electrons. The summed E-state index contributed by atoms with van der Waals surface area (Å²) in [6.07, 6.45) is -0.549. The zero-order valence-corrected chi connectivity index (χ0v) is 18.9. The maximum atomic E-state index is 12.7. The highest BCUT2D eigenvalue weighted by molar-refractivity contribution is 6.02. The number of carbonyl (C=O) groups is 1. The Kier molecular flexibility index (Phi) is 6.26. The van der Waals surface area contributed by atoms with Crippen LogP contribution in [0.15, 0.2) is 91.0 Å². The van der Waals surface area contributed by atoms with Crippen LogP contribution < -0.4 is 14.2 Å². The second-order valence-electron chi connectivity index (χ2n) is 8.33. The van der Waals surface area contributed by atoms with E-state index in [0.29, 0.717) is 24.7 Å². The fraction of sp³-hybridized carbons (Fsp3) is 0.138. The first-order valence-corrected chi connectivity index (χ1v) is 11.3. The zero-order valence-electron chi connectivity index (χ0n) is 18.9. The van der Waals surface area contributed by atoms with Gasteiger partial charge in [0.2, 0.25) is 0 Å². The van der Waals surface area contributed by atoms with Gasteiger partial charge < -0.3 is 24.4 Å². The van der Waals surface area contributed by atoms with Crippen LogP contribution in [0.4, 0.5) is 0 Å². The maximum absolute atomic E-state index is 12.7. The summed E-state index contributed by atoms with van der Waals surface area (Å²) in [6, 6.07) is 27.6. The van der Waals surface area contributed by atoms with Crippen molar-refractivity contribution in [2.75, 3.05) is 0 Å². The Balaban J connectivity index is 1.42. The van der Waals surface area contributed by atoms with Crippen molar-refractivity contribution in [3.63, 3.8) is 0 Å². The summed E-state index contributed by atoms with van der Waals surface area (Å²) in [7, 11) is 0. The Morgan fingerprint density at radius 2 is 1.40 bits per heavy atom. The van der Waals surface area contributed by atoms with Crippen LogP contribution in [-0.4, -0.2) is 16.0 Å². The SMILES string of the molecule is O=C1CC(c2ccc(OCc3ccccc3)c(OCc3ccccc3)c2)Oc2cc(O)cc(O)c21. The van der Waals surface area contributed by atoms with Gasteiger partial charge in [-0.15, -0.1) is 0 Å². The summed E-state index contributed by atoms with van der Waals surface area (Å²) in [5.41, 5.74) is 2.85. The lowest BCUT2D eigenvalue weighted by Gasteiger charge is -2.26. The van der Waals surface area contributed by atoms with E-state index < -0.39 is 6.10 Å². The number of fused-ring (bicyclic) bond motifs is 1. The second kappa shape index (κ2) is 9.81. The van der Waals surface area contributed by atoms with Crippen LogP contribution >= 0.6 is 0 Å². The topological polar surface area (TPSA) is 85.2 Å². The lowest BCUT2D eigenvalue weighted by atomic mass is 9.95. The van der Waals surface area contributed by atoms with Crippen LogP contribution in [0.1, 0.15) is 39.6 Å². The van der Waals surface area contributed by atoms with Crippen LogP contribution in [0.2, 0.25) is 0 Å². The lowest BCUT2D eigenvalue weighted by Crippen LogP contribution is -2.20. The smallest absolute Gasteiger partial charge is 0.174 e. The molecular formula is C29H24O6. The molecule has 6 heteroatoms. The number of hydrogen-bond donors (Lipinski definition) is 2. The molecule has 0 bridgehead atoms. The number of aromatic hydroxyl groups is 2. The van der Waals surface area contributed by atoms with Crippen molar-refractivity contribution in [2.24, 2.45) is 0 Å². The number of ether oxygens (including phenoxy) is 3. The van der Waals surface area contributed by atoms with Gasteiger partial charge >= 0.3 is 0 Å². The molecule has 35 heavy (non-hydrogen) atoms. The van der Waals surface area contributed by atoms with Crippen molar-refractivity contribution in [2.45, 2.75) is 25.7 Å². The summed E-state index contributed by atoms with van der Waals surface area (Å²) in [5, 5.41) is 19.9. The van der Waals surface area contributed by atoms with Gasteiger partial charge in [0.05, 0.1) is 6.42 Å². The highest BCUT2D eigenvalue weighted by atomic mass is 16.5. The molecule has 1 unspecified atom stereocenters. The molecule has 1 heterocycles. The summed E-state index contributed by atoms with van der Waals surface area (Å²) in [5.74, 6) is 0.533. The van der Waals surface area contributed by atoms with Crippen molar-refractivity contribution in [3.8, 4) is 28.7 Å². The molecule has 5 rings (SSSR count). The predicted octanol–water partition coefficient (Wildman–Crippen LogP) is 5.96. The number of Topliss-reactive ketones (excluding diaryl/α,β-unsaturated/α-hetero) is 1. The quantitative estimate of drug-likeness (QED) is 0.348. The number of phenols is 2. The lowest BCUT2D eigenvalue weighted by molar-refractivity contribution is 0.0844. The van der Waals surface area contributed by atoms with E-state index in [1.54, 1.807) is 0 Å². The van der Waals surface area contributed by atoms with E-state index in [1.165, 1.54) is 6.07 Å². The van der Waals surface area contributed by atoms with Crippen LogP contribution in [0, 0.1) is 0 Å². The third-order valence-corrected chi connectivity index (χ3v) is 5.80. The van der Waals surface area contributed by atoms with E-state index in [4.69, 9.17) is 14.2 Å². The molecule has 0 aliphatic carbocycles. The molecule has 1 atom stereocenters. The minimum absolute atomic E-state index is 0.0493. The minimum atomic E-state index is -0.599. The Morgan fingerprint density at radius 3 is 2.06 bits per heavy atom. The fourth-order valence-corrected chi connectivity index (χ4v) is 4.04. The van der Waals surface area contributed by atoms with Gasteiger partial charge in [-0.25, -0.2) is 0 Å². The largest absolute Gasteiger partial charge is 0.508 e. The average molecular weight is 469 g/mol. The number of hydrogen-bond acceptors (Lipinski definition) is 6. The van der Waals surface area contributed by atoms with Crippen LogP contribution in [-0.2, 0) is 13.2 Å². The van der Waals surface area contributed by atoms with Crippen LogP contribution in [0.25, 0.3) is 0 Å². The highest BCUT2D eigenvalue weighted by Gasteiger charge is 2.31. The number of carbonyl (C=O) groups excluding carboxylic acids is 1. The molecule has 4 aromatic rings. The van der Waals surface area contributed by atoms with Gasteiger partial charge in [0, 0.05) is 12.1 Å². The van der Waals surface area contributed by atoms with E-state index in [9.17, 15) is 15.0 Å². The zero-order chi connectivity index (χ0) is 24.2. The van der Waals surface area contributed by atoms with Crippen molar-refractivity contribution < 1.29 is 29.2 Å². The molecule has 4 aromatic carbocycles. The summed E-state index contributed by atoms with van der Waals surface area (Å²) in [6.45, 7) is 0.729. The summed E-state index contributed by atoms with van der Waals surface area (Å²) >= 11 is 0. The standard InChI is InChI=1S/C29H24O6/c30-22-14-23(31)29-24(32)16-26(35-28(29)15-22)21-11-12-25(33-17-19-7-3-1-4-8-19)27(13-21)34-18-20-9-5-2-6-10-20/h1-15,26,30-31H,16-18H2. The van der Waals surface area contributed by atoms with Crippen molar-refractivity contribution >= 4 is 5.78 Å². The molecule has 1 aliphatic heterocycles. The number of benzene rings is 4. The van der Waals surface area contributed by atoms with Gasteiger partial charge in [0.15, 0.2) is 17.3 Å². The Labute approximate surface area is 203 Å². The monoisotopic (exact) mass is 468 g/mol. The fourth-order valence-electron chi connectivity index (χ4n) is 4.04. The Morgan fingerprint density at radius 1 is 0.771 bits per heavy atom. The summed E-state index contributed by atoms with van der Waals surface area (Å²) in [4.78, 5) is 12.7. The molecule has 0 fully saturated rings. The summed E-state index contributed by atoms with van der Waals surface area (Å²) < 4.78 is 18.2. The Hall–Kier alpha value is -4.45. The number of phenolic OH excluding ortho intramolecular Hbond substituents is 2. The van der Waals surface area contributed by atoms with Gasteiger partial charge in [-0.3, -0.25) is 4.79 Å². The van der Waals surface area contributed by atoms with E-state index in [0.717, 1.165) is 22.8 Å². The predicted molar refractivity (Wildman–Crippen MR) is 130 cm³/mol. The molecular weight excluding hydrogens is 444 g/mol.